The van der Waals surface area contributed by atoms with Crippen LogP contribution in [0.25, 0.3) is 0 Å². The zero-order valence-corrected chi connectivity index (χ0v) is 19.4. The predicted octanol–water partition coefficient (Wildman–Crippen LogP) is 2.65. The van der Waals surface area contributed by atoms with E-state index >= 15 is 0 Å². The number of aromatic nitrogens is 1. The van der Waals surface area contributed by atoms with Crippen molar-refractivity contribution in [2.75, 3.05) is 27.3 Å². The van der Waals surface area contributed by atoms with Gasteiger partial charge in [-0.3, -0.25) is 9.78 Å². The summed E-state index contributed by atoms with van der Waals surface area (Å²) in [6.45, 7) is 0.113. The Morgan fingerprint density at radius 3 is 2.30 bits per heavy atom. The van der Waals surface area contributed by atoms with Gasteiger partial charge in [0.25, 0.3) is 0 Å². The second kappa shape index (κ2) is 11.4. The maximum atomic E-state index is 13.5. The van der Waals surface area contributed by atoms with E-state index in [1.165, 1.54) is 36.7 Å². The van der Waals surface area contributed by atoms with E-state index < -0.39 is 15.9 Å². The van der Waals surface area contributed by atoms with Crippen LogP contribution < -0.4 is 14.8 Å². The highest BCUT2D eigenvalue weighted by molar-refractivity contribution is 7.89. The topological polar surface area (TPSA) is 97.8 Å². The molecule has 1 aromatic heterocycles. The third-order valence-electron chi connectivity index (χ3n) is 5.04. The van der Waals surface area contributed by atoms with Crippen molar-refractivity contribution in [2.45, 2.75) is 17.9 Å². The van der Waals surface area contributed by atoms with Gasteiger partial charge in [-0.1, -0.05) is 30.3 Å². The van der Waals surface area contributed by atoms with E-state index in [1.807, 2.05) is 30.3 Å². The summed E-state index contributed by atoms with van der Waals surface area (Å²) in [6, 6.07) is 17.5. The summed E-state index contributed by atoms with van der Waals surface area (Å²) in [5.41, 5.74) is 1.85. The minimum atomic E-state index is -3.98. The molecule has 0 unspecified atom stereocenters. The summed E-state index contributed by atoms with van der Waals surface area (Å²) in [7, 11) is -1.06. The summed E-state index contributed by atoms with van der Waals surface area (Å²) in [4.78, 5) is 16.6. The molecule has 1 N–H and O–H groups in total. The fraction of sp³-hybridized carbons (Fsp3) is 0.250. The van der Waals surface area contributed by atoms with E-state index in [9.17, 15) is 13.2 Å². The van der Waals surface area contributed by atoms with Gasteiger partial charge in [0.05, 0.1) is 25.7 Å². The number of carbonyl (C=O) groups is 1. The maximum Gasteiger partial charge on any atom is 0.243 e. The molecule has 0 saturated heterocycles. The van der Waals surface area contributed by atoms with E-state index in [4.69, 9.17) is 9.47 Å². The molecular formula is C24H27N3O5S. The Hall–Kier alpha value is -3.43. The van der Waals surface area contributed by atoms with E-state index in [0.29, 0.717) is 17.9 Å². The smallest absolute Gasteiger partial charge is 0.243 e. The Morgan fingerprint density at radius 2 is 1.64 bits per heavy atom. The molecule has 2 aromatic carbocycles. The molecule has 0 aliphatic rings. The first-order valence-electron chi connectivity index (χ1n) is 10.4. The monoisotopic (exact) mass is 469 g/mol. The lowest BCUT2D eigenvalue weighted by Gasteiger charge is -2.22. The number of rotatable bonds is 11. The first-order chi connectivity index (χ1) is 15.9. The molecule has 0 radical (unpaired) electrons. The Bertz CT molecular complexity index is 1160. The number of nitrogens with one attached hydrogen (secondary N) is 1. The number of methoxy groups -OCH3 is 2. The second-order valence-corrected chi connectivity index (χ2v) is 9.16. The molecule has 0 saturated carbocycles. The van der Waals surface area contributed by atoms with Crippen molar-refractivity contribution in [1.29, 1.82) is 0 Å². The van der Waals surface area contributed by atoms with E-state index in [0.717, 1.165) is 11.1 Å². The van der Waals surface area contributed by atoms with Gasteiger partial charge < -0.3 is 14.8 Å². The third-order valence-corrected chi connectivity index (χ3v) is 6.89. The van der Waals surface area contributed by atoms with Gasteiger partial charge in [-0.05, 0) is 41.8 Å². The van der Waals surface area contributed by atoms with Crippen molar-refractivity contribution < 1.29 is 22.7 Å². The molecule has 1 amide bonds. The maximum absolute atomic E-state index is 13.5. The molecule has 3 aromatic rings. The number of hydrogen-bond donors (Lipinski definition) is 1. The molecule has 174 valence electrons. The number of sulfonamides is 1. The molecule has 0 fully saturated rings. The van der Waals surface area contributed by atoms with Gasteiger partial charge in [0.2, 0.25) is 15.9 Å². The number of benzene rings is 2. The molecule has 0 aliphatic heterocycles. The highest BCUT2D eigenvalue weighted by Crippen LogP contribution is 2.30. The lowest BCUT2D eigenvalue weighted by atomic mass is 10.1. The summed E-state index contributed by atoms with van der Waals surface area (Å²) in [5, 5.41) is 2.77. The number of carbonyl (C=O) groups excluding carboxylic acids is 1. The van der Waals surface area contributed by atoms with Gasteiger partial charge in [0.1, 0.15) is 0 Å². The highest BCUT2D eigenvalue weighted by Gasteiger charge is 2.27. The van der Waals surface area contributed by atoms with E-state index in [-0.39, 0.29) is 24.5 Å². The van der Waals surface area contributed by atoms with Crippen LogP contribution in [0.4, 0.5) is 0 Å². The minimum absolute atomic E-state index is 0.0233. The van der Waals surface area contributed by atoms with Gasteiger partial charge in [0.15, 0.2) is 11.5 Å². The Morgan fingerprint density at radius 1 is 0.939 bits per heavy atom. The van der Waals surface area contributed by atoms with Crippen LogP contribution in [-0.2, 0) is 27.8 Å². The Balaban J connectivity index is 1.81. The number of pyridine rings is 1. The quantitative estimate of drug-likeness (QED) is 0.464. The zero-order valence-electron chi connectivity index (χ0n) is 18.6. The van der Waals surface area contributed by atoms with Crippen LogP contribution in [0.5, 0.6) is 11.5 Å². The standard InChI is InChI=1S/C24H27N3O5S/c1-31-22-9-8-21(16-23(22)32-2)33(29,30)27(15-12-19-6-4-3-5-7-19)18-24(28)26-17-20-10-13-25-14-11-20/h3-11,13-14,16H,12,15,17-18H2,1-2H3,(H,26,28). The lowest BCUT2D eigenvalue weighted by Crippen LogP contribution is -2.41. The molecular weight excluding hydrogens is 442 g/mol. The van der Waals surface area contributed by atoms with Gasteiger partial charge in [-0.15, -0.1) is 0 Å². The Labute approximate surface area is 194 Å². The SMILES string of the molecule is COc1ccc(S(=O)(=O)N(CCc2ccccc2)CC(=O)NCc2ccncc2)cc1OC. The fourth-order valence-corrected chi connectivity index (χ4v) is 4.64. The third kappa shape index (κ3) is 6.53. The van der Waals surface area contributed by atoms with Crippen LogP contribution in [0.2, 0.25) is 0 Å². The molecule has 0 bridgehead atoms. The van der Waals surface area contributed by atoms with Crippen LogP contribution in [0.3, 0.4) is 0 Å². The van der Waals surface area contributed by atoms with Gasteiger partial charge in [-0.25, -0.2) is 8.42 Å². The molecule has 1 heterocycles. The van der Waals surface area contributed by atoms with Gasteiger partial charge >= 0.3 is 0 Å². The van der Waals surface area contributed by atoms with Crippen molar-refractivity contribution in [3.8, 4) is 11.5 Å². The molecule has 9 heteroatoms. The van der Waals surface area contributed by atoms with E-state index in [1.54, 1.807) is 24.5 Å². The van der Waals surface area contributed by atoms with Gasteiger partial charge in [-0.2, -0.15) is 4.31 Å². The van der Waals surface area contributed by atoms with Crippen molar-refractivity contribution in [3.05, 3.63) is 84.2 Å². The van der Waals surface area contributed by atoms with Crippen LogP contribution in [0, 0.1) is 0 Å². The van der Waals surface area contributed by atoms with Crippen molar-refractivity contribution >= 4 is 15.9 Å². The van der Waals surface area contributed by atoms with Gasteiger partial charge in [0, 0.05) is 31.5 Å². The van der Waals surface area contributed by atoms with Crippen LogP contribution in [0.1, 0.15) is 11.1 Å². The average Bonchev–Trinajstić information content (AvgIpc) is 2.85. The predicted molar refractivity (Wildman–Crippen MR) is 125 cm³/mol. The average molecular weight is 470 g/mol. The number of hydrogen-bond acceptors (Lipinski definition) is 6. The lowest BCUT2D eigenvalue weighted by molar-refractivity contribution is -0.121. The summed E-state index contributed by atoms with van der Waals surface area (Å²) >= 11 is 0. The number of amides is 1. The summed E-state index contributed by atoms with van der Waals surface area (Å²) in [5.74, 6) is 0.315. The first-order valence-corrected chi connectivity index (χ1v) is 11.8. The van der Waals surface area contributed by atoms with Crippen LogP contribution in [-0.4, -0.2) is 50.9 Å². The molecule has 0 atom stereocenters. The number of nitrogens with zero attached hydrogens (tertiary/aromatic N) is 2. The molecule has 0 spiro atoms. The molecule has 33 heavy (non-hydrogen) atoms. The molecule has 3 rings (SSSR count). The van der Waals surface area contributed by atoms with Crippen molar-refractivity contribution in [2.24, 2.45) is 0 Å². The zero-order chi connectivity index (χ0) is 23.7. The van der Waals surface area contributed by atoms with Crippen LogP contribution >= 0.6 is 0 Å². The van der Waals surface area contributed by atoms with E-state index in [2.05, 4.69) is 10.3 Å². The largest absolute Gasteiger partial charge is 0.493 e. The Kier molecular flexibility index (Phi) is 8.39. The normalized spacial score (nSPS) is 11.2. The minimum Gasteiger partial charge on any atom is -0.493 e. The first kappa shape index (κ1) is 24.2. The van der Waals surface area contributed by atoms with Crippen molar-refractivity contribution in [1.82, 2.24) is 14.6 Å². The highest BCUT2D eigenvalue weighted by atomic mass is 32.2. The van der Waals surface area contributed by atoms with Crippen LogP contribution in [0.15, 0.2) is 78.0 Å². The molecule has 0 aliphatic carbocycles. The van der Waals surface area contributed by atoms with Crippen molar-refractivity contribution in [3.63, 3.8) is 0 Å². The fourth-order valence-electron chi connectivity index (χ4n) is 3.23. The summed E-state index contributed by atoms with van der Waals surface area (Å²) < 4.78 is 38.6. The summed E-state index contributed by atoms with van der Waals surface area (Å²) in [6.07, 6.45) is 3.73. The number of ether oxygens (including phenoxy) is 2. The molecule has 8 nitrogen and oxygen atoms in total. The second-order valence-electron chi connectivity index (χ2n) is 7.22.